The van der Waals surface area contributed by atoms with Crippen LogP contribution in [0.3, 0.4) is 0 Å². The monoisotopic (exact) mass is 402 g/mol. The summed E-state index contributed by atoms with van der Waals surface area (Å²) in [6, 6.07) is 19.2. The second-order valence-electron chi connectivity index (χ2n) is 6.21. The Morgan fingerprint density at radius 3 is 2.66 bits per heavy atom. The van der Waals surface area contributed by atoms with Crippen molar-refractivity contribution in [3.63, 3.8) is 0 Å². The average Bonchev–Trinajstić information content (AvgIpc) is 3.42. The minimum atomic E-state index is -0.938. The molecule has 29 heavy (non-hydrogen) atoms. The zero-order chi connectivity index (χ0) is 19.6. The van der Waals surface area contributed by atoms with Crippen LogP contribution in [-0.2, 0) is 4.79 Å². The van der Waals surface area contributed by atoms with E-state index in [0.29, 0.717) is 17.3 Å². The smallest absolute Gasteiger partial charge is 0.317 e. The summed E-state index contributed by atoms with van der Waals surface area (Å²) in [7, 11) is 0. The number of carbonyl (C=O) groups excluding carboxylic acids is 1. The molecule has 0 spiro atoms. The Hall–Kier alpha value is -3.85. The largest absolute Gasteiger partial charge is 0.402 e. The van der Waals surface area contributed by atoms with Gasteiger partial charge in [0.05, 0.1) is 11.4 Å². The molecule has 0 bridgehead atoms. The number of rotatable bonds is 4. The molecule has 0 radical (unpaired) electrons. The van der Waals surface area contributed by atoms with Gasteiger partial charge in [-0.3, -0.25) is 4.79 Å². The highest BCUT2D eigenvalue weighted by atomic mass is 32.1. The number of para-hydroxylation sites is 1. The Bertz CT molecular complexity index is 1190. The zero-order valence-electron chi connectivity index (χ0n) is 14.9. The van der Waals surface area contributed by atoms with Gasteiger partial charge < -0.3 is 15.1 Å². The van der Waals surface area contributed by atoms with E-state index in [-0.39, 0.29) is 11.9 Å². The molecule has 0 aliphatic carbocycles. The van der Waals surface area contributed by atoms with Crippen molar-refractivity contribution in [2.24, 2.45) is 4.99 Å². The lowest BCUT2D eigenvalue weighted by atomic mass is 10.0. The summed E-state index contributed by atoms with van der Waals surface area (Å²) in [6.45, 7) is 0. The van der Waals surface area contributed by atoms with Crippen LogP contribution in [0.1, 0.15) is 11.1 Å². The third kappa shape index (κ3) is 3.39. The van der Waals surface area contributed by atoms with E-state index in [2.05, 4.69) is 25.2 Å². The van der Waals surface area contributed by atoms with Gasteiger partial charge in [-0.05, 0) is 23.7 Å². The zero-order valence-corrected chi connectivity index (χ0v) is 15.8. The fourth-order valence-electron chi connectivity index (χ4n) is 3.01. The fourth-order valence-corrected chi connectivity index (χ4v) is 3.52. The van der Waals surface area contributed by atoms with Gasteiger partial charge in [-0.25, -0.2) is 9.37 Å². The minimum Gasteiger partial charge on any atom is -0.402 e. The Morgan fingerprint density at radius 2 is 1.83 bits per heavy atom. The average molecular weight is 402 g/mol. The molecule has 1 unspecified atom stereocenters. The molecule has 9 heteroatoms. The number of hydrogen-bond acceptors (Lipinski definition) is 8. The second kappa shape index (κ2) is 7.28. The second-order valence-corrected chi connectivity index (χ2v) is 7.05. The Balaban J connectivity index is 1.52. The van der Waals surface area contributed by atoms with Gasteiger partial charge in [0, 0.05) is 17.3 Å². The van der Waals surface area contributed by atoms with E-state index in [9.17, 15) is 4.79 Å². The van der Waals surface area contributed by atoms with E-state index in [0.717, 1.165) is 16.0 Å². The molecule has 1 aliphatic rings. The topological polar surface area (TPSA) is 105 Å². The number of benzene rings is 2. The lowest BCUT2D eigenvalue weighted by molar-refractivity contribution is -0.116. The molecule has 4 aromatic rings. The molecule has 3 heterocycles. The highest BCUT2D eigenvalue weighted by molar-refractivity contribution is 7.09. The third-order valence-corrected chi connectivity index (χ3v) is 5.06. The van der Waals surface area contributed by atoms with Crippen LogP contribution in [0.15, 0.2) is 76.3 Å². The van der Waals surface area contributed by atoms with Gasteiger partial charge in [-0.2, -0.15) is 0 Å². The molecule has 1 atom stereocenters. The first kappa shape index (κ1) is 17.3. The number of anilines is 2. The molecule has 5 rings (SSSR count). The molecule has 142 valence electrons. The molecule has 1 amide bonds. The van der Waals surface area contributed by atoms with Crippen molar-refractivity contribution in [3.05, 3.63) is 78.0 Å². The van der Waals surface area contributed by atoms with Crippen LogP contribution < -0.4 is 10.6 Å². The lowest BCUT2D eigenvalue weighted by Gasteiger charge is -2.11. The third-order valence-electron chi connectivity index (χ3n) is 4.33. The van der Waals surface area contributed by atoms with Crippen molar-refractivity contribution < 1.29 is 9.21 Å². The van der Waals surface area contributed by atoms with E-state index in [1.807, 2.05) is 54.6 Å². The molecule has 8 nitrogen and oxygen atoms in total. The summed E-state index contributed by atoms with van der Waals surface area (Å²) in [5.41, 5.74) is 3.13. The Labute approximate surface area is 169 Å². The molecule has 2 aromatic heterocycles. The van der Waals surface area contributed by atoms with Crippen molar-refractivity contribution >= 4 is 34.9 Å². The van der Waals surface area contributed by atoms with Crippen molar-refractivity contribution in [2.75, 3.05) is 10.6 Å². The summed E-state index contributed by atoms with van der Waals surface area (Å²) in [6.07, 6.45) is 0.719. The first-order valence-electron chi connectivity index (χ1n) is 8.82. The molecule has 2 aromatic carbocycles. The summed E-state index contributed by atoms with van der Waals surface area (Å²) in [4.78, 5) is 18.3. The quantitative estimate of drug-likeness (QED) is 0.542. The van der Waals surface area contributed by atoms with Gasteiger partial charge in [0.1, 0.15) is 4.88 Å². The van der Waals surface area contributed by atoms with Crippen molar-refractivity contribution in [1.82, 2.24) is 14.6 Å². The van der Waals surface area contributed by atoms with E-state index in [1.54, 1.807) is 12.3 Å². The van der Waals surface area contributed by atoms with Crippen LogP contribution in [0.5, 0.6) is 0 Å². The first-order valence-corrected chi connectivity index (χ1v) is 9.60. The predicted octanol–water partition coefficient (Wildman–Crippen LogP) is 3.42. The number of carbonyl (C=O) groups is 1. The molecular weight excluding hydrogens is 388 g/mol. The van der Waals surface area contributed by atoms with E-state index >= 15 is 0 Å². The number of fused-ring (bicyclic) bond motifs is 1. The lowest BCUT2D eigenvalue weighted by Crippen LogP contribution is -2.32. The van der Waals surface area contributed by atoms with Crippen molar-refractivity contribution in [1.29, 1.82) is 0 Å². The maximum absolute atomic E-state index is 12.8. The normalized spacial score (nSPS) is 15.8. The van der Waals surface area contributed by atoms with Gasteiger partial charge in [-0.1, -0.05) is 53.6 Å². The van der Waals surface area contributed by atoms with E-state index < -0.39 is 6.17 Å². The first-order chi connectivity index (χ1) is 14.3. The number of aromatic nitrogens is 3. The maximum Gasteiger partial charge on any atom is 0.317 e. The molecular formula is C20H14N6O2S. The van der Waals surface area contributed by atoms with Crippen LogP contribution in [0, 0.1) is 0 Å². The fraction of sp³-hybridized carbons (Fsp3) is 0.0500. The van der Waals surface area contributed by atoms with E-state index in [1.165, 1.54) is 11.5 Å². The maximum atomic E-state index is 12.8. The van der Waals surface area contributed by atoms with Crippen molar-refractivity contribution in [3.8, 4) is 10.8 Å². The van der Waals surface area contributed by atoms with Gasteiger partial charge >= 0.3 is 6.01 Å². The Morgan fingerprint density at radius 1 is 1.00 bits per heavy atom. The minimum absolute atomic E-state index is 0.107. The molecule has 1 aliphatic heterocycles. The number of amides is 1. The summed E-state index contributed by atoms with van der Waals surface area (Å²) >= 11 is 1.25. The van der Waals surface area contributed by atoms with Gasteiger partial charge in [0.15, 0.2) is 0 Å². The van der Waals surface area contributed by atoms with Crippen LogP contribution >= 0.6 is 11.5 Å². The van der Waals surface area contributed by atoms with Crippen molar-refractivity contribution in [2.45, 2.75) is 6.17 Å². The number of nitrogens with zero attached hydrogens (tertiary/aromatic N) is 4. The predicted molar refractivity (Wildman–Crippen MR) is 110 cm³/mol. The van der Waals surface area contributed by atoms with Crippen LogP contribution in [0.4, 0.5) is 11.7 Å². The van der Waals surface area contributed by atoms with Crippen LogP contribution in [0.2, 0.25) is 0 Å². The molecule has 0 saturated carbocycles. The highest BCUT2D eigenvalue weighted by Gasteiger charge is 2.27. The number of nitrogens with one attached hydrogen (secondary N) is 2. The SMILES string of the molecule is O=C1Nc2ccccc2C(c2ccccc2)=NC1Nc1nnc(-c2ccns2)o1. The number of benzodiazepines with no additional fused rings is 1. The molecule has 0 fully saturated rings. The number of aliphatic imine (C=N–C) groups is 1. The summed E-state index contributed by atoms with van der Waals surface area (Å²) < 4.78 is 9.65. The standard InChI is InChI=1S/C20H14N6O2S/c27-18-17(24-20-26-25-19(28-20)15-10-11-21-29-15)23-16(12-6-2-1-3-7-12)13-8-4-5-9-14(13)22-18/h1-11,17H,(H,22,27)(H,24,26). The highest BCUT2D eigenvalue weighted by Crippen LogP contribution is 2.26. The van der Waals surface area contributed by atoms with E-state index in [4.69, 9.17) is 9.41 Å². The summed E-state index contributed by atoms with van der Waals surface area (Å²) in [5.74, 6) is 0.0144. The van der Waals surface area contributed by atoms with Gasteiger partial charge in [0.25, 0.3) is 11.8 Å². The van der Waals surface area contributed by atoms with Gasteiger partial charge in [0.2, 0.25) is 6.17 Å². The molecule has 2 N–H and O–H groups in total. The van der Waals surface area contributed by atoms with Crippen LogP contribution in [0.25, 0.3) is 10.8 Å². The molecule has 0 saturated heterocycles. The number of hydrogen-bond donors (Lipinski definition) is 2. The summed E-state index contributed by atoms with van der Waals surface area (Å²) in [5, 5.41) is 13.8. The van der Waals surface area contributed by atoms with Gasteiger partial charge in [-0.15, -0.1) is 5.10 Å². The van der Waals surface area contributed by atoms with Crippen LogP contribution in [-0.4, -0.2) is 32.4 Å². The Kier molecular flexibility index (Phi) is 4.34.